The van der Waals surface area contributed by atoms with Gasteiger partial charge >= 0.3 is 0 Å². The molecule has 0 spiro atoms. The van der Waals surface area contributed by atoms with E-state index in [-0.39, 0.29) is 0 Å². The van der Waals surface area contributed by atoms with E-state index >= 15 is 0 Å². The fourth-order valence-electron chi connectivity index (χ4n) is 1.28. The average Bonchev–Trinajstić information content (AvgIpc) is 2.43. The number of rotatable bonds is 2. The second-order valence-corrected chi connectivity index (χ2v) is 4.84. The molecule has 0 radical (unpaired) electrons. The van der Waals surface area contributed by atoms with Crippen molar-refractivity contribution in [2.45, 2.75) is 10.7 Å². The SMILES string of the molecule is Fc1ccc(CBr)c(F)c1.Fc1cccc(CBr)c1F. The van der Waals surface area contributed by atoms with E-state index in [9.17, 15) is 17.6 Å². The van der Waals surface area contributed by atoms with Gasteiger partial charge in [-0.1, -0.05) is 50.1 Å². The zero-order valence-corrected chi connectivity index (χ0v) is 13.3. The molecule has 0 saturated heterocycles. The van der Waals surface area contributed by atoms with Gasteiger partial charge in [0.15, 0.2) is 11.6 Å². The van der Waals surface area contributed by atoms with E-state index in [1.54, 1.807) is 0 Å². The van der Waals surface area contributed by atoms with Crippen molar-refractivity contribution in [2.24, 2.45) is 0 Å². The van der Waals surface area contributed by atoms with Crippen LogP contribution in [0.5, 0.6) is 0 Å². The summed E-state index contributed by atoms with van der Waals surface area (Å²) in [5, 5.41) is 0.760. The van der Waals surface area contributed by atoms with E-state index in [1.807, 2.05) is 0 Å². The minimum atomic E-state index is -0.794. The quantitative estimate of drug-likeness (QED) is 0.436. The molecule has 0 aliphatic rings. The third-order valence-corrected chi connectivity index (χ3v) is 3.54. The van der Waals surface area contributed by atoms with E-state index in [1.165, 1.54) is 24.3 Å². The van der Waals surface area contributed by atoms with Gasteiger partial charge in [0.05, 0.1) is 0 Å². The highest BCUT2D eigenvalue weighted by molar-refractivity contribution is 9.08. The molecule has 0 aromatic heterocycles. The fourth-order valence-corrected chi connectivity index (χ4v) is 2.17. The van der Waals surface area contributed by atoms with E-state index in [0.29, 0.717) is 21.8 Å². The molecule has 0 nitrogen and oxygen atoms in total. The predicted molar refractivity (Wildman–Crippen MR) is 78.0 cm³/mol. The van der Waals surface area contributed by atoms with Crippen LogP contribution in [0.1, 0.15) is 11.1 Å². The van der Waals surface area contributed by atoms with E-state index in [4.69, 9.17) is 0 Å². The Kier molecular flexibility index (Phi) is 7.23. The van der Waals surface area contributed by atoms with Crippen molar-refractivity contribution in [3.05, 3.63) is 70.8 Å². The summed E-state index contributed by atoms with van der Waals surface area (Å²) in [6.07, 6.45) is 0. The van der Waals surface area contributed by atoms with Gasteiger partial charge in [0.25, 0.3) is 0 Å². The van der Waals surface area contributed by atoms with Gasteiger partial charge in [-0.05, 0) is 17.7 Å². The summed E-state index contributed by atoms with van der Waals surface area (Å²) in [6.45, 7) is 0. The summed E-state index contributed by atoms with van der Waals surface area (Å²) < 4.78 is 49.8. The van der Waals surface area contributed by atoms with Crippen molar-refractivity contribution in [1.29, 1.82) is 0 Å². The van der Waals surface area contributed by atoms with E-state index < -0.39 is 23.3 Å². The van der Waals surface area contributed by atoms with Crippen LogP contribution in [0.3, 0.4) is 0 Å². The highest BCUT2D eigenvalue weighted by Gasteiger charge is 2.04. The second kappa shape index (κ2) is 8.42. The van der Waals surface area contributed by atoms with Gasteiger partial charge in [-0.15, -0.1) is 0 Å². The molecule has 0 aliphatic heterocycles. The van der Waals surface area contributed by atoms with Crippen LogP contribution in [0.4, 0.5) is 17.6 Å². The summed E-state index contributed by atoms with van der Waals surface area (Å²) in [6, 6.07) is 7.64. The Morgan fingerprint density at radius 2 is 1.40 bits per heavy atom. The molecule has 0 saturated carbocycles. The molecule has 0 aliphatic carbocycles. The number of hydrogen-bond acceptors (Lipinski definition) is 0. The zero-order valence-electron chi connectivity index (χ0n) is 10.1. The molecule has 0 bridgehead atoms. The number of alkyl halides is 2. The first-order valence-corrected chi connectivity index (χ1v) is 7.72. The molecule has 0 N–H and O–H groups in total. The van der Waals surface area contributed by atoms with Crippen LogP contribution in [0, 0.1) is 23.3 Å². The second-order valence-electron chi connectivity index (χ2n) is 3.72. The maximum absolute atomic E-state index is 12.6. The largest absolute Gasteiger partial charge is 0.207 e. The van der Waals surface area contributed by atoms with Crippen LogP contribution in [-0.4, -0.2) is 0 Å². The first-order valence-electron chi connectivity index (χ1n) is 5.48. The average molecular weight is 414 g/mol. The van der Waals surface area contributed by atoms with E-state index in [0.717, 1.165) is 12.1 Å². The van der Waals surface area contributed by atoms with E-state index in [2.05, 4.69) is 31.9 Å². The van der Waals surface area contributed by atoms with Crippen LogP contribution in [0.15, 0.2) is 36.4 Å². The van der Waals surface area contributed by atoms with Crippen molar-refractivity contribution in [3.63, 3.8) is 0 Å². The van der Waals surface area contributed by atoms with Gasteiger partial charge in [0, 0.05) is 22.3 Å². The van der Waals surface area contributed by atoms with Crippen LogP contribution in [0.25, 0.3) is 0 Å². The van der Waals surface area contributed by atoms with Gasteiger partial charge < -0.3 is 0 Å². The van der Waals surface area contributed by atoms with Crippen LogP contribution in [0.2, 0.25) is 0 Å². The van der Waals surface area contributed by atoms with Gasteiger partial charge in [-0.3, -0.25) is 0 Å². The Morgan fingerprint density at radius 3 is 1.90 bits per heavy atom. The molecule has 6 heteroatoms. The Balaban J connectivity index is 0.000000200. The molecule has 20 heavy (non-hydrogen) atoms. The first-order chi connectivity index (χ1) is 9.49. The van der Waals surface area contributed by atoms with Crippen molar-refractivity contribution in [2.75, 3.05) is 0 Å². The lowest BCUT2D eigenvalue weighted by atomic mass is 10.2. The normalized spacial score (nSPS) is 9.90. The van der Waals surface area contributed by atoms with Crippen molar-refractivity contribution in [3.8, 4) is 0 Å². The molecule has 2 aromatic rings. The Hall–Kier alpha value is -0.880. The first kappa shape index (κ1) is 17.2. The molecule has 0 heterocycles. The minimum absolute atomic E-state index is 0.344. The maximum Gasteiger partial charge on any atom is 0.162 e. The molecular formula is C14H10Br2F4. The minimum Gasteiger partial charge on any atom is -0.207 e. The van der Waals surface area contributed by atoms with Crippen molar-refractivity contribution in [1.82, 2.24) is 0 Å². The maximum atomic E-state index is 12.6. The van der Waals surface area contributed by atoms with Gasteiger partial charge in [-0.2, -0.15) is 0 Å². The zero-order chi connectivity index (χ0) is 15.1. The highest BCUT2D eigenvalue weighted by Crippen LogP contribution is 2.13. The molecule has 0 fully saturated rings. The summed E-state index contributed by atoms with van der Waals surface area (Å²) >= 11 is 6.11. The van der Waals surface area contributed by atoms with Crippen molar-refractivity contribution < 1.29 is 17.6 Å². The number of benzene rings is 2. The van der Waals surface area contributed by atoms with Crippen LogP contribution < -0.4 is 0 Å². The third-order valence-electron chi connectivity index (χ3n) is 2.33. The molecule has 2 aromatic carbocycles. The predicted octanol–water partition coefficient (Wildman–Crippen LogP) is 5.72. The summed E-state index contributed by atoms with van der Waals surface area (Å²) in [4.78, 5) is 0. The fraction of sp³-hybridized carbons (Fsp3) is 0.143. The lowest BCUT2D eigenvalue weighted by Crippen LogP contribution is -1.89. The van der Waals surface area contributed by atoms with Crippen LogP contribution >= 0.6 is 31.9 Å². The molecule has 0 unspecified atom stereocenters. The number of hydrogen-bond donors (Lipinski definition) is 0. The number of halogens is 6. The monoisotopic (exact) mass is 412 g/mol. The molecule has 0 amide bonds. The molecule has 2 rings (SSSR count). The summed E-state index contributed by atoms with van der Waals surface area (Å²) in [5.74, 6) is -2.60. The lowest BCUT2D eigenvalue weighted by molar-refractivity contribution is 0.502. The smallest absolute Gasteiger partial charge is 0.162 e. The molecular weight excluding hydrogens is 404 g/mol. The standard InChI is InChI=1S/2C7H5BrF2/c8-4-5-1-2-6(9)3-7(5)10;8-4-5-2-1-3-6(9)7(5)10/h2*1-3H,4H2. The lowest BCUT2D eigenvalue weighted by Gasteiger charge is -1.96. The van der Waals surface area contributed by atoms with Gasteiger partial charge in [-0.25, -0.2) is 17.6 Å². The topological polar surface area (TPSA) is 0 Å². The van der Waals surface area contributed by atoms with Gasteiger partial charge in [0.2, 0.25) is 0 Å². The Morgan fingerprint density at radius 1 is 0.750 bits per heavy atom. The molecule has 108 valence electrons. The Labute approximate surface area is 131 Å². The van der Waals surface area contributed by atoms with Crippen LogP contribution in [-0.2, 0) is 10.7 Å². The van der Waals surface area contributed by atoms with Gasteiger partial charge in [0.1, 0.15) is 11.6 Å². The summed E-state index contributed by atoms with van der Waals surface area (Å²) in [5.41, 5.74) is 0.821. The third kappa shape index (κ3) is 4.90. The Bertz CT molecular complexity index is 573. The van der Waals surface area contributed by atoms with Crippen molar-refractivity contribution >= 4 is 31.9 Å². The molecule has 0 atom stereocenters. The summed E-state index contributed by atoms with van der Waals surface area (Å²) in [7, 11) is 0. The highest BCUT2D eigenvalue weighted by atomic mass is 79.9.